The van der Waals surface area contributed by atoms with Gasteiger partial charge in [0.15, 0.2) is 0 Å². The summed E-state index contributed by atoms with van der Waals surface area (Å²) < 4.78 is 0. The minimum Gasteiger partial charge on any atom is -0.481 e. The van der Waals surface area contributed by atoms with Gasteiger partial charge in [-0.3, -0.25) is 4.79 Å². The summed E-state index contributed by atoms with van der Waals surface area (Å²) in [5.41, 5.74) is 6.29. The molecule has 1 unspecified atom stereocenters. The first-order valence-corrected chi connectivity index (χ1v) is 4.96. The van der Waals surface area contributed by atoms with Crippen LogP contribution in [-0.4, -0.2) is 16.6 Å². The summed E-state index contributed by atoms with van der Waals surface area (Å²) in [6.07, 6.45) is 0.617. The van der Waals surface area contributed by atoms with Gasteiger partial charge in [-0.1, -0.05) is 0 Å². The van der Waals surface area contributed by atoms with Gasteiger partial charge in [0.25, 0.3) is 0 Å². The smallest absolute Gasteiger partial charge is 0.305 e. The molecule has 4 heteroatoms. The zero-order chi connectivity index (χ0) is 9.90. The lowest BCUT2D eigenvalue weighted by molar-refractivity contribution is -0.138. The zero-order valence-electron chi connectivity index (χ0n) is 7.49. The third-order valence-electron chi connectivity index (χ3n) is 1.74. The van der Waals surface area contributed by atoms with E-state index < -0.39 is 11.5 Å². The van der Waals surface area contributed by atoms with Crippen molar-refractivity contribution in [3.05, 3.63) is 22.4 Å². The average Bonchev–Trinajstić information content (AvgIpc) is 2.34. The summed E-state index contributed by atoms with van der Waals surface area (Å²) in [5, 5.41) is 12.6. The van der Waals surface area contributed by atoms with E-state index in [4.69, 9.17) is 10.8 Å². The molecule has 1 aromatic heterocycles. The summed E-state index contributed by atoms with van der Waals surface area (Å²) in [5.74, 6) is -0.847. The molecule has 1 aromatic rings. The van der Waals surface area contributed by atoms with Crippen LogP contribution in [0.1, 0.15) is 18.9 Å². The molecule has 1 rings (SSSR count). The lowest BCUT2D eigenvalue weighted by atomic mass is 9.92. The first kappa shape index (κ1) is 10.2. The van der Waals surface area contributed by atoms with Crippen molar-refractivity contribution in [2.24, 2.45) is 5.73 Å². The van der Waals surface area contributed by atoms with E-state index in [1.54, 1.807) is 18.3 Å². The van der Waals surface area contributed by atoms with Crippen molar-refractivity contribution in [1.82, 2.24) is 0 Å². The topological polar surface area (TPSA) is 63.3 Å². The first-order valence-electron chi connectivity index (χ1n) is 4.01. The standard InChI is InChI=1S/C9H13NO2S/c1-9(10,5-8(11)12)4-7-2-3-13-6-7/h2-3,6H,4-5,10H2,1H3,(H,11,12). The molecule has 0 radical (unpaired) electrons. The van der Waals surface area contributed by atoms with Crippen molar-refractivity contribution >= 4 is 17.3 Å². The second-order valence-corrected chi connectivity index (χ2v) is 4.31. The SMILES string of the molecule is CC(N)(CC(=O)O)Cc1ccsc1. The van der Waals surface area contributed by atoms with Crippen molar-refractivity contribution < 1.29 is 9.90 Å². The van der Waals surface area contributed by atoms with Gasteiger partial charge in [-0.2, -0.15) is 11.3 Å². The van der Waals surface area contributed by atoms with E-state index in [-0.39, 0.29) is 6.42 Å². The number of thiophene rings is 1. The van der Waals surface area contributed by atoms with Crippen molar-refractivity contribution in [1.29, 1.82) is 0 Å². The van der Waals surface area contributed by atoms with Crippen LogP contribution in [0, 0.1) is 0 Å². The molecule has 3 N–H and O–H groups in total. The largest absolute Gasteiger partial charge is 0.481 e. The number of carboxylic acids is 1. The van der Waals surface area contributed by atoms with Gasteiger partial charge in [-0.15, -0.1) is 0 Å². The average molecular weight is 199 g/mol. The summed E-state index contributed by atoms with van der Waals surface area (Å²) in [6, 6.07) is 1.97. The molecule has 0 saturated carbocycles. The number of rotatable bonds is 4. The van der Waals surface area contributed by atoms with Crippen LogP contribution in [0.4, 0.5) is 0 Å². The quantitative estimate of drug-likeness (QED) is 0.772. The molecule has 0 aliphatic rings. The van der Waals surface area contributed by atoms with E-state index in [0.29, 0.717) is 6.42 Å². The predicted molar refractivity (Wildman–Crippen MR) is 52.9 cm³/mol. The van der Waals surface area contributed by atoms with Crippen LogP contribution in [0.2, 0.25) is 0 Å². The second kappa shape index (κ2) is 3.89. The van der Waals surface area contributed by atoms with Crippen molar-refractivity contribution in [3.8, 4) is 0 Å². The number of carbonyl (C=O) groups is 1. The van der Waals surface area contributed by atoms with Crippen LogP contribution < -0.4 is 5.73 Å². The Morgan fingerprint density at radius 2 is 2.46 bits per heavy atom. The fourth-order valence-corrected chi connectivity index (χ4v) is 1.94. The Bertz CT molecular complexity index is 280. The van der Waals surface area contributed by atoms with Gasteiger partial charge in [-0.25, -0.2) is 0 Å². The van der Waals surface area contributed by atoms with Crippen LogP contribution in [0.3, 0.4) is 0 Å². The molecule has 72 valence electrons. The molecule has 1 atom stereocenters. The first-order chi connectivity index (χ1) is 5.99. The van der Waals surface area contributed by atoms with Crippen molar-refractivity contribution in [2.45, 2.75) is 25.3 Å². The van der Waals surface area contributed by atoms with Crippen LogP contribution >= 0.6 is 11.3 Å². The van der Waals surface area contributed by atoms with E-state index in [2.05, 4.69) is 0 Å². The number of aliphatic carboxylic acids is 1. The van der Waals surface area contributed by atoms with Gasteiger partial charge in [0.1, 0.15) is 0 Å². The Labute approximate surface area is 81.2 Å². The van der Waals surface area contributed by atoms with E-state index in [1.165, 1.54) is 0 Å². The molecular weight excluding hydrogens is 186 g/mol. The highest BCUT2D eigenvalue weighted by Gasteiger charge is 2.22. The third-order valence-corrected chi connectivity index (χ3v) is 2.48. The van der Waals surface area contributed by atoms with E-state index >= 15 is 0 Å². The highest BCUT2D eigenvalue weighted by atomic mass is 32.1. The summed E-state index contributed by atoms with van der Waals surface area (Å²) >= 11 is 1.60. The number of nitrogens with two attached hydrogens (primary N) is 1. The molecular formula is C9H13NO2S. The molecule has 0 bridgehead atoms. The van der Waals surface area contributed by atoms with Gasteiger partial charge in [0.2, 0.25) is 0 Å². The minimum atomic E-state index is -0.847. The molecule has 0 amide bonds. The molecule has 3 nitrogen and oxygen atoms in total. The molecule has 0 aliphatic carbocycles. The second-order valence-electron chi connectivity index (χ2n) is 3.53. The number of hydrogen-bond acceptors (Lipinski definition) is 3. The summed E-state index contributed by atoms with van der Waals surface area (Å²) in [6.45, 7) is 1.76. The fraction of sp³-hybridized carbons (Fsp3) is 0.444. The lowest BCUT2D eigenvalue weighted by Gasteiger charge is -2.21. The van der Waals surface area contributed by atoms with Crippen LogP contribution in [0.15, 0.2) is 16.8 Å². The Hall–Kier alpha value is -0.870. The number of carboxylic acid groups (broad SMARTS) is 1. The predicted octanol–water partition coefficient (Wildman–Crippen LogP) is 1.48. The van der Waals surface area contributed by atoms with Gasteiger partial charge in [0, 0.05) is 5.54 Å². The van der Waals surface area contributed by atoms with Crippen LogP contribution in [0.5, 0.6) is 0 Å². The van der Waals surface area contributed by atoms with Crippen molar-refractivity contribution in [2.75, 3.05) is 0 Å². The van der Waals surface area contributed by atoms with Gasteiger partial charge in [0.05, 0.1) is 6.42 Å². The molecule has 0 aliphatic heterocycles. The maximum atomic E-state index is 10.5. The molecule has 0 saturated heterocycles. The Balaban J connectivity index is 2.56. The highest BCUT2D eigenvalue weighted by molar-refractivity contribution is 7.07. The molecule has 0 fully saturated rings. The van der Waals surface area contributed by atoms with Crippen molar-refractivity contribution in [3.63, 3.8) is 0 Å². The molecule has 0 aromatic carbocycles. The normalized spacial score (nSPS) is 15.2. The molecule has 1 heterocycles. The summed E-state index contributed by atoms with van der Waals surface area (Å²) in [4.78, 5) is 10.5. The summed E-state index contributed by atoms with van der Waals surface area (Å²) in [7, 11) is 0. The third kappa shape index (κ3) is 3.57. The molecule has 0 spiro atoms. The lowest BCUT2D eigenvalue weighted by Crippen LogP contribution is -2.40. The zero-order valence-corrected chi connectivity index (χ0v) is 8.30. The highest BCUT2D eigenvalue weighted by Crippen LogP contribution is 2.16. The maximum Gasteiger partial charge on any atom is 0.305 e. The monoisotopic (exact) mass is 199 g/mol. The van der Waals surface area contributed by atoms with E-state index in [9.17, 15) is 4.79 Å². The van der Waals surface area contributed by atoms with Gasteiger partial charge in [-0.05, 0) is 35.7 Å². The Kier molecular flexibility index (Phi) is 3.06. The Morgan fingerprint density at radius 3 is 2.92 bits per heavy atom. The number of hydrogen-bond donors (Lipinski definition) is 2. The van der Waals surface area contributed by atoms with E-state index in [1.807, 2.05) is 16.8 Å². The Morgan fingerprint density at radius 1 is 1.77 bits per heavy atom. The van der Waals surface area contributed by atoms with Crippen LogP contribution in [0.25, 0.3) is 0 Å². The maximum absolute atomic E-state index is 10.5. The molecule has 13 heavy (non-hydrogen) atoms. The van der Waals surface area contributed by atoms with Crippen LogP contribution in [-0.2, 0) is 11.2 Å². The minimum absolute atomic E-state index is 0.00282. The van der Waals surface area contributed by atoms with E-state index in [0.717, 1.165) is 5.56 Å². The van der Waals surface area contributed by atoms with Gasteiger partial charge < -0.3 is 10.8 Å². The van der Waals surface area contributed by atoms with Gasteiger partial charge >= 0.3 is 5.97 Å². The fourth-order valence-electron chi connectivity index (χ4n) is 1.27.